The van der Waals surface area contributed by atoms with Crippen LogP contribution in [0.2, 0.25) is 0 Å². The van der Waals surface area contributed by atoms with Crippen molar-refractivity contribution in [2.45, 2.75) is 68.4 Å². The monoisotopic (exact) mass is 650 g/mol. The summed E-state index contributed by atoms with van der Waals surface area (Å²) in [4.78, 5) is 32.2. The Bertz CT molecular complexity index is 1730. The number of benzene rings is 2. The molecule has 2 atom stereocenters. The summed E-state index contributed by atoms with van der Waals surface area (Å²) in [5.41, 5.74) is 5.87. The second-order valence-corrected chi connectivity index (χ2v) is 15.2. The molecule has 1 N–H and O–H groups in total. The number of nitrogens with zero attached hydrogens (tertiary/aromatic N) is 3. The van der Waals surface area contributed by atoms with E-state index in [0.29, 0.717) is 19.6 Å². The summed E-state index contributed by atoms with van der Waals surface area (Å²) in [5, 5.41) is 5.31. The number of rotatable bonds is 12. The highest BCUT2D eigenvalue weighted by molar-refractivity contribution is 7.92. The molecular weight excluding hydrogens is 608 g/mol. The Hall–Kier alpha value is -3.76. The molecular formula is C34H42N4O7S. The molecule has 1 amide bonds. The Labute approximate surface area is 270 Å². The van der Waals surface area contributed by atoms with Gasteiger partial charge in [0.2, 0.25) is 0 Å². The highest BCUT2D eigenvalue weighted by Gasteiger charge is 2.46. The van der Waals surface area contributed by atoms with E-state index in [-0.39, 0.29) is 30.9 Å². The number of ether oxygens (including phenoxy) is 2. The molecule has 1 saturated heterocycles. The van der Waals surface area contributed by atoms with Crippen molar-refractivity contribution in [2.24, 2.45) is 0 Å². The third-order valence-corrected chi connectivity index (χ3v) is 10.8. The number of hydrogen-bond donors (Lipinski definition) is 1. The first kappa shape index (κ1) is 33.6. The number of amides is 1. The second kappa shape index (κ2) is 13.9. The normalized spacial score (nSPS) is 18.8. The molecule has 2 unspecified atom stereocenters. The van der Waals surface area contributed by atoms with E-state index < -0.39 is 26.8 Å². The molecule has 5 rings (SSSR count). The molecule has 2 aromatic carbocycles. The maximum Gasteiger partial charge on any atom is 0.320 e. The van der Waals surface area contributed by atoms with Gasteiger partial charge in [0.1, 0.15) is 6.61 Å². The van der Waals surface area contributed by atoms with Gasteiger partial charge in [-0.2, -0.15) is 5.10 Å². The van der Waals surface area contributed by atoms with Crippen LogP contribution in [0.15, 0.2) is 48.7 Å². The van der Waals surface area contributed by atoms with Crippen molar-refractivity contribution < 1.29 is 32.3 Å². The molecule has 3 aromatic rings. The lowest BCUT2D eigenvalue weighted by molar-refractivity contribution is -0.201. The van der Waals surface area contributed by atoms with Crippen LogP contribution in [0.4, 0.5) is 0 Å². The molecule has 11 nitrogen and oxygen atoms in total. The highest BCUT2D eigenvalue weighted by Crippen LogP contribution is 2.48. The summed E-state index contributed by atoms with van der Waals surface area (Å²) in [6.45, 7) is 2.80. The van der Waals surface area contributed by atoms with Crippen LogP contribution in [0.25, 0.3) is 10.9 Å². The SMILES string of the molecule is CN(C)CC(=O)OCC1(c2ccc(C#Cc3ccc4c(cnn4CCC(C)(C(=O)NOC4CCCCO4)S(C)(=O)=O)c3)cc2)CC1. The summed E-state index contributed by atoms with van der Waals surface area (Å²) in [5.74, 6) is 5.47. The van der Waals surface area contributed by atoms with Gasteiger partial charge in [-0.05, 0) is 89.0 Å². The summed E-state index contributed by atoms with van der Waals surface area (Å²) < 4.78 is 36.5. The topological polar surface area (TPSA) is 129 Å². The van der Waals surface area contributed by atoms with Gasteiger partial charge >= 0.3 is 5.97 Å². The fourth-order valence-corrected chi connectivity index (χ4v) is 6.24. The zero-order valence-corrected chi connectivity index (χ0v) is 27.7. The van der Waals surface area contributed by atoms with Gasteiger partial charge < -0.3 is 9.47 Å². The quantitative estimate of drug-likeness (QED) is 0.178. The number of aromatic nitrogens is 2. The van der Waals surface area contributed by atoms with Crippen molar-refractivity contribution in [3.8, 4) is 11.8 Å². The molecule has 2 heterocycles. The minimum Gasteiger partial charge on any atom is -0.464 e. The highest BCUT2D eigenvalue weighted by atomic mass is 32.2. The van der Waals surface area contributed by atoms with Gasteiger partial charge in [-0.15, -0.1) is 0 Å². The van der Waals surface area contributed by atoms with Crippen molar-refractivity contribution in [3.05, 3.63) is 65.4 Å². The van der Waals surface area contributed by atoms with E-state index >= 15 is 0 Å². The number of fused-ring (bicyclic) bond motifs is 1. The van der Waals surface area contributed by atoms with E-state index in [1.165, 1.54) is 6.92 Å². The Morgan fingerprint density at radius 2 is 1.85 bits per heavy atom. The van der Waals surface area contributed by atoms with Gasteiger partial charge in [-0.25, -0.2) is 18.7 Å². The summed E-state index contributed by atoms with van der Waals surface area (Å²) >= 11 is 0. The number of likely N-dealkylation sites (N-methyl/N-ethyl adjacent to an activating group) is 1. The van der Waals surface area contributed by atoms with Crippen LogP contribution in [0.5, 0.6) is 0 Å². The van der Waals surface area contributed by atoms with Crippen molar-refractivity contribution in [1.82, 2.24) is 20.2 Å². The smallest absolute Gasteiger partial charge is 0.320 e. The van der Waals surface area contributed by atoms with Crippen LogP contribution >= 0.6 is 0 Å². The Balaban J connectivity index is 1.21. The number of carbonyl (C=O) groups excluding carboxylic acids is 2. The van der Waals surface area contributed by atoms with Crippen LogP contribution in [-0.4, -0.2) is 86.1 Å². The third kappa shape index (κ3) is 7.96. The fraction of sp³-hybridized carbons (Fsp3) is 0.500. The van der Waals surface area contributed by atoms with Gasteiger partial charge in [0.15, 0.2) is 20.9 Å². The lowest BCUT2D eigenvalue weighted by atomic mass is 9.96. The lowest BCUT2D eigenvalue weighted by Crippen LogP contribution is -2.51. The summed E-state index contributed by atoms with van der Waals surface area (Å²) in [6.07, 6.45) is 6.63. The first-order chi connectivity index (χ1) is 21.9. The molecule has 1 aromatic heterocycles. The van der Waals surface area contributed by atoms with E-state index in [1.54, 1.807) is 15.8 Å². The van der Waals surface area contributed by atoms with Crippen molar-refractivity contribution in [2.75, 3.05) is 40.1 Å². The molecule has 12 heteroatoms. The maximum absolute atomic E-state index is 13.0. The van der Waals surface area contributed by atoms with Crippen molar-refractivity contribution >= 4 is 32.6 Å². The largest absolute Gasteiger partial charge is 0.464 e. The predicted molar refractivity (Wildman–Crippen MR) is 173 cm³/mol. The first-order valence-electron chi connectivity index (χ1n) is 15.5. The maximum atomic E-state index is 13.0. The molecule has 0 bridgehead atoms. The molecule has 2 aliphatic rings. The molecule has 1 saturated carbocycles. The Morgan fingerprint density at radius 1 is 1.13 bits per heavy atom. The Morgan fingerprint density at radius 3 is 2.50 bits per heavy atom. The number of sulfone groups is 1. The van der Waals surface area contributed by atoms with Crippen LogP contribution in [0.1, 0.15) is 62.1 Å². The second-order valence-electron chi connectivity index (χ2n) is 12.7. The summed E-state index contributed by atoms with van der Waals surface area (Å²) in [7, 11) is -0.114. The van der Waals surface area contributed by atoms with E-state index in [0.717, 1.165) is 59.5 Å². The van der Waals surface area contributed by atoms with Gasteiger partial charge in [0.05, 0.1) is 18.3 Å². The third-order valence-electron chi connectivity index (χ3n) is 8.82. The van der Waals surface area contributed by atoms with Crippen LogP contribution in [0, 0.1) is 11.8 Å². The van der Waals surface area contributed by atoms with E-state index in [4.69, 9.17) is 14.3 Å². The number of aryl methyl sites for hydroxylation is 1. The van der Waals surface area contributed by atoms with Crippen LogP contribution in [-0.2, 0) is 45.7 Å². The minimum absolute atomic E-state index is 0.000680. The van der Waals surface area contributed by atoms with E-state index in [9.17, 15) is 18.0 Å². The first-order valence-corrected chi connectivity index (χ1v) is 17.4. The lowest BCUT2D eigenvalue weighted by Gasteiger charge is -2.28. The van der Waals surface area contributed by atoms with Gasteiger partial charge in [-0.3, -0.25) is 19.2 Å². The molecule has 0 radical (unpaired) electrons. The zero-order chi connectivity index (χ0) is 33.0. The molecule has 0 spiro atoms. The molecule has 2 fully saturated rings. The minimum atomic E-state index is -3.80. The standard InChI is InChI=1S/C34H42N4O7S/c1-33(46(4,41)42,32(40)36-45-31-7-5-6-20-43-31)18-19-38-29-15-12-26(21-27(29)22-35-38)9-8-25-10-13-28(14-11-25)34(16-17-34)24-44-30(39)23-37(2)3/h10-15,21-22,31H,5-7,16-20,23-24H2,1-4H3,(H,36,40). The van der Waals surface area contributed by atoms with Crippen molar-refractivity contribution in [1.29, 1.82) is 0 Å². The van der Waals surface area contributed by atoms with Gasteiger partial charge in [0, 0.05) is 47.8 Å². The van der Waals surface area contributed by atoms with Crippen molar-refractivity contribution in [3.63, 3.8) is 0 Å². The number of nitrogens with one attached hydrogen (secondary N) is 1. The predicted octanol–water partition coefficient (Wildman–Crippen LogP) is 3.34. The molecule has 1 aliphatic carbocycles. The van der Waals surface area contributed by atoms with E-state index in [1.807, 2.05) is 44.4 Å². The van der Waals surface area contributed by atoms with Crippen LogP contribution < -0.4 is 5.48 Å². The Kier molecular flexibility index (Phi) is 10.2. The molecule has 1 aliphatic heterocycles. The molecule has 46 heavy (non-hydrogen) atoms. The van der Waals surface area contributed by atoms with Gasteiger partial charge in [0.25, 0.3) is 5.91 Å². The fourth-order valence-electron chi connectivity index (χ4n) is 5.40. The van der Waals surface area contributed by atoms with E-state index in [2.05, 4.69) is 34.6 Å². The van der Waals surface area contributed by atoms with Crippen LogP contribution in [0.3, 0.4) is 0 Å². The summed E-state index contributed by atoms with van der Waals surface area (Å²) in [6, 6.07) is 13.8. The number of hydroxylamine groups is 1. The van der Waals surface area contributed by atoms with Gasteiger partial charge in [-0.1, -0.05) is 24.0 Å². The average molecular weight is 651 g/mol. The number of esters is 1. The number of hydrogen-bond acceptors (Lipinski definition) is 9. The zero-order valence-electron chi connectivity index (χ0n) is 26.9. The number of carbonyl (C=O) groups is 2. The average Bonchev–Trinajstić information content (AvgIpc) is 3.72. The molecule has 246 valence electrons.